The van der Waals surface area contributed by atoms with E-state index in [0.29, 0.717) is 13.2 Å². The summed E-state index contributed by atoms with van der Waals surface area (Å²) in [5.41, 5.74) is 3.68. The van der Waals surface area contributed by atoms with Crippen LogP contribution in [0.25, 0.3) is 0 Å². The molecule has 0 radical (unpaired) electrons. The zero-order valence-corrected chi connectivity index (χ0v) is 12.7. The Morgan fingerprint density at radius 2 is 1.95 bits per heavy atom. The lowest BCUT2D eigenvalue weighted by atomic mass is 10.2. The number of hydrogen-bond acceptors (Lipinski definition) is 4. The van der Waals surface area contributed by atoms with Crippen LogP contribution in [0.5, 0.6) is 0 Å². The van der Waals surface area contributed by atoms with Crippen molar-refractivity contribution in [1.82, 2.24) is 15.1 Å². The fraction of sp³-hybridized carbons (Fsp3) is 0.786. The maximum Gasteiger partial charge on any atom is 0.0700 e. The van der Waals surface area contributed by atoms with E-state index in [4.69, 9.17) is 9.47 Å². The average Bonchev–Trinajstić information content (AvgIpc) is 2.63. The number of aromatic nitrogens is 2. The SMILES string of the molecule is COCCOCCCCNCc1c(C)nn(C)c1C. The second-order valence-electron chi connectivity index (χ2n) is 4.76. The summed E-state index contributed by atoms with van der Waals surface area (Å²) < 4.78 is 12.3. The molecular formula is C14H27N3O2. The van der Waals surface area contributed by atoms with Crippen LogP contribution in [0, 0.1) is 13.8 Å². The number of unbranched alkanes of at least 4 members (excludes halogenated alkanes) is 1. The third-order valence-corrected chi connectivity index (χ3v) is 3.28. The largest absolute Gasteiger partial charge is 0.382 e. The fourth-order valence-corrected chi connectivity index (χ4v) is 1.99. The normalized spacial score (nSPS) is 11.2. The number of methoxy groups -OCH3 is 1. The Hall–Kier alpha value is -0.910. The van der Waals surface area contributed by atoms with Crippen LogP contribution in [0.2, 0.25) is 0 Å². The lowest BCUT2D eigenvalue weighted by molar-refractivity contribution is 0.0688. The van der Waals surface area contributed by atoms with Crippen molar-refractivity contribution in [2.45, 2.75) is 33.2 Å². The van der Waals surface area contributed by atoms with Gasteiger partial charge < -0.3 is 14.8 Å². The minimum Gasteiger partial charge on any atom is -0.382 e. The highest BCUT2D eigenvalue weighted by Gasteiger charge is 2.07. The van der Waals surface area contributed by atoms with Gasteiger partial charge in [-0.25, -0.2) is 0 Å². The van der Waals surface area contributed by atoms with Crippen LogP contribution in [0.15, 0.2) is 0 Å². The van der Waals surface area contributed by atoms with Crippen LogP contribution in [0.4, 0.5) is 0 Å². The molecule has 0 spiro atoms. The van der Waals surface area contributed by atoms with Crippen molar-refractivity contribution in [2.24, 2.45) is 7.05 Å². The van der Waals surface area contributed by atoms with Gasteiger partial charge in [0, 0.05) is 38.6 Å². The van der Waals surface area contributed by atoms with Gasteiger partial charge in [0.05, 0.1) is 18.9 Å². The zero-order chi connectivity index (χ0) is 14.1. The topological polar surface area (TPSA) is 48.3 Å². The number of ether oxygens (including phenoxy) is 2. The molecule has 0 bridgehead atoms. The summed E-state index contributed by atoms with van der Waals surface area (Å²) in [6, 6.07) is 0. The minimum absolute atomic E-state index is 0.678. The molecule has 0 fully saturated rings. The van der Waals surface area contributed by atoms with E-state index < -0.39 is 0 Å². The molecule has 0 amide bonds. The predicted molar refractivity (Wildman–Crippen MR) is 76.3 cm³/mol. The maximum atomic E-state index is 5.41. The smallest absolute Gasteiger partial charge is 0.0700 e. The Bertz CT molecular complexity index is 364. The molecule has 5 heteroatoms. The summed E-state index contributed by atoms with van der Waals surface area (Å²) in [5.74, 6) is 0. The van der Waals surface area contributed by atoms with Crippen LogP contribution < -0.4 is 5.32 Å². The number of nitrogens with one attached hydrogen (secondary N) is 1. The van der Waals surface area contributed by atoms with E-state index in [1.807, 2.05) is 11.7 Å². The highest BCUT2D eigenvalue weighted by Crippen LogP contribution is 2.10. The number of nitrogens with zero attached hydrogens (tertiary/aromatic N) is 2. The molecular weight excluding hydrogens is 242 g/mol. The first-order chi connectivity index (χ1) is 9.16. The first-order valence-electron chi connectivity index (χ1n) is 6.93. The average molecular weight is 269 g/mol. The van der Waals surface area contributed by atoms with Gasteiger partial charge in [0.2, 0.25) is 0 Å². The van der Waals surface area contributed by atoms with Crippen molar-refractivity contribution in [1.29, 1.82) is 0 Å². The monoisotopic (exact) mass is 269 g/mol. The van der Waals surface area contributed by atoms with Crippen molar-refractivity contribution in [2.75, 3.05) is 33.5 Å². The standard InChI is InChI=1S/C14H27N3O2/c1-12-14(13(2)17(3)16-12)11-15-7-5-6-8-19-10-9-18-4/h15H,5-11H2,1-4H3. The van der Waals surface area contributed by atoms with Crippen molar-refractivity contribution in [3.8, 4) is 0 Å². The van der Waals surface area contributed by atoms with Gasteiger partial charge in [0.25, 0.3) is 0 Å². The summed E-state index contributed by atoms with van der Waals surface area (Å²) in [5, 5.41) is 7.88. The minimum atomic E-state index is 0.678. The van der Waals surface area contributed by atoms with Crippen LogP contribution in [0.3, 0.4) is 0 Å². The third-order valence-electron chi connectivity index (χ3n) is 3.28. The lowest BCUT2D eigenvalue weighted by Crippen LogP contribution is -2.16. The van der Waals surface area contributed by atoms with E-state index in [-0.39, 0.29) is 0 Å². The highest BCUT2D eigenvalue weighted by molar-refractivity contribution is 5.23. The quantitative estimate of drug-likeness (QED) is 0.655. The molecule has 1 rings (SSSR count). The number of aryl methyl sites for hydroxylation is 2. The van der Waals surface area contributed by atoms with Crippen LogP contribution in [0.1, 0.15) is 29.8 Å². The van der Waals surface area contributed by atoms with Gasteiger partial charge in [-0.05, 0) is 33.2 Å². The molecule has 0 aliphatic heterocycles. The van der Waals surface area contributed by atoms with E-state index >= 15 is 0 Å². The molecule has 0 aliphatic rings. The molecule has 0 saturated carbocycles. The first-order valence-corrected chi connectivity index (χ1v) is 6.93. The summed E-state index contributed by atoms with van der Waals surface area (Å²) in [7, 11) is 3.68. The van der Waals surface area contributed by atoms with E-state index in [2.05, 4.69) is 24.3 Å². The number of rotatable bonds is 10. The molecule has 110 valence electrons. The van der Waals surface area contributed by atoms with E-state index in [0.717, 1.165) is 38.2 Å². The van der Waals surface area contributed by atoms with Crippen molar-refractivity contribution >= 4 is 0 Å². The van der Waals surface area contributed by atoms with Crippen molar-refractivity contribution < 1.29 is 9.47 Å². The van der Waals surface area contributed by atoms with E-state index in [1.54, 1.807) is 7.11 Å². The molecule has 19 heavy (non-hydrogen) atoms. The summed E-state index contributed by atoms with van der Waals surface area (Å²) in [6.45, 7) is 8.28. The molecule has 0 unspecified atom stereocenters. The lowest BCUT2D eigenvalue weighted by Gasteiger charge is -2.06. The highest BCUT2D eigenvalue weighted by atomic mass is 16.5. The van der Waals surface area contributed by atoms with Gasteiger partial charge in [-0.3, -0.25) is 4.68 Å². The molecule has 1 aromatic rings. The van der Waals surface area contributed by atoms with Gasteiger partial charge >= 0.3 is 0 Å². The second kappa shape index (κ2) is 9.07. The fourth-order valence-electron chi connectivity index (χ4n) is 1.99. The van der Waals surface area contributed by atoms with E-state index in [9.17, 15) is 0 Å². The second-order valence-corrected chi connectivity index (χ2v) is 4.76. The molecule has 0 aliphatic carbocycles. The van der Waals surface area contributed by atoms with Gasteiger partial charge in [-0.2, -0.15) is 5.10 Å². The number of hydrogen-bond donors (Lipinski definition) is 1. The van der Waals surface area contributed by atoms with Crippen LogP contribution in [-0.4, -0.2) is 43.3 Å². The van der Waals surface area contributed by atoms with Crippen LogP contribution in [-0.2, 0) is 23.1 Å². The van der Waals surface area contributed by atoms with Crippen molar-refractivity contribution in [3.05, 3.63) is 17.0 Å². The molecule has 0 atom stereocenters. The summed E-state index contributed by atoms with van der Waals surface area (Å²) >= 11 is 0. The molecule has 0 aromatic carbocycles. The maximum absolute atomic E-state index is 5.41. The Kier molecular flexibility index (Phi) is 7.70. The molecule has 1 heterocycles. The predicted octanol–water partition coefficient (Wildman–Crippen LogP) is 1.57. The van der Waals surface area contributed by atoms with Crippen molar-refractivity contribution in [3.63, 3.8) is 0 Å². The van der Waals surface area contributed by atoms with Crippen LogP contribution >= 0.6 is 0 Å². The Morgan fingerprint density at radius 1 is 1.16 bits per heavy atom. The molecule has 5 nitrogen and oxygen atoms in total. The van der Waals surface area contributed by atoms with Gasteiger partial charge in [-0.1, -0.05) is 0 Å². The Labute approximate surface area is 116 Å². The third kappa shape index (κ3) is 5.72. The van der Waals surface area contributed by atoms with E-state index in [1.165, 1.54) is 11.3 Å². The first kappa shape index (κ1) is 16.1. The van der Waals surface area contributed by atoms with Gasteiger partial charge in [-0.15, -0.1) is 0 Å². The molecule has 1 aromatic heterocycles. The molecule has 1 N–H and O–H groups in total. The van der Waals surface area contributed by atoms with Gasteiger partial charge in [0.1, 0.15) is 0 Å². The molecule has 0 saturated heterocycles. The summed E-state index contributed by atoms with van der Waals surface area (Å²) in [6.07, 6.45) is 2.22. The summed E-state index contributed by atoms with van der Waals surface area (Å²) in [4.78, 5) is 0. The zero-order valence-electron chi connectivity index (χ0n) is 12.7. The Morgan fingerprint density at radius 3 is 2.58 bits per heavy atom. The van der Waals surface area contributed by atoms with Gasteiger partial charge in [0.15, 0.2) is 0 Å². The Balaban J connectivity index is 2.05.